The van der Waals surface area contributed by atoms with Crippen LogP contribution >= 0.6 is 11.6 Å². The molecule has 1 atom stereocenters. The molecular formula is C23H30ClNO2. The molecule has 0 radical (unpaired) electrons. The van der Waals surface area contributed by atoms with Gasteiger partial charge in [-0.2, -0.15) is 0 Å². The van der Waals surface area contributed by atoms with E-state index in [1.54, 1.807) is 0 Å². The molecule has 0 aliphatic carbocycles. The van der Waals surface area contributed by atoms with Crippen molar-refractivity contribution in [1.29, 1.82) is 0 Å². The van der Waals surface area contributed by atoms with Crippen molar-refractivity contribution in [3.8, 4) is 11.5 Å². The van der Waals surface area contributed by atoms with Crippen molar-refractivity contribution < 1.29 is 9.47 Å². The Bertz CT molecular complexity index is 666. The van der Waals surface area contributed by atoms with Gasteiger partial charge in [-0.3, -0.25) is 0 Å². The molecule has 146 valence electrons. The predicted molar refractivity (Wildman–Crippen MR) is 112 cm³/mol. The minimum Gasteiger partial charge on any atom is -0.494 e. The highest BCUT2D eigenvalue weighted by Crippen LogP contribution is 2.27. The highest BCUT2D eigenvalue weighted by Gasteiger charge is 2.12. The van der Waals surface area contributed by atoms with Gasteiger partial charge >= 0.3 is 0 Å². The lowest BCUT2D eigenvalue weighted by Crippen LogP contribution is -2.31. The minimum absolute atomic E-state index is 0.0272. The number of piperidine rings is 1. The van der Waals surface area contributed by atoms with Crippen LogP contribution in [0.4, 0.5) is 0 Å². The molecule has 0 spiro atoms. The molecule has 1 unspecified atom stereocenters. The summed E-state index contributed by atoms with van der Waals surface area (Å²) in [5, 5.41) is 0.720. The van der Waals surface area contributed by atoms with Crippen LogP contribution in [0.5, 0.6) is 11.5 Å². The van der Waals surface area contributed by atoms with Gasteiger partial charge in [-0.1, -0.05) is 37.1 Å². The van der Waals surface area contributed by atoms with Gasteiger partial charge in [0.2, 0.25) is 0 Å². The highest BCUT2D eigenvalue weighted by molar-refractivity contribution is 6.30. The molecule has 1 fully saturated rings. The number of likely N-dealkylation sites (tertiary alicyclic amines) is 1. The third-order valence-electron chi connectivity index (χ3n) is 5.05. The molecule has 0 saturated carbocycles. The zero-order valence-corrected chi connectivity index (χ0v) is 17.0. The molecule has 0 bridgehead atoms. The lowest BCUT2D eigenvalue weighted by atomic mass is 10.1. The maximum Gasteiger partial charge on any atom is 0.123 e. The zero-order valence-electron chi connectivity index (χ0n) is 16.2. The van der Waals surface area contributed by atoms with Gasteiger partial charge < -0.3 is 14.4 Å². The number of benzene rings is 2. The van der Waals surface area contributed by atoms with Gasteiger partial charge in [0.05, 0.1) is 6.61 Å². The van der Waals surface area contributed by atoms with Crippen LogP contribution < -0.4 is 9.47 Å². The van der Waals surface area contributed by atoms with Crippen LogP contribution in [0.3, 0.4) is 0 Å². The maximum absolute atomic E-state index is 6.11. The van der Waals surface area contributed by atoms with Crippen LogP contribution in [0.2, 0.25) is 5.02 Å². The fourth-order valence-corrected chi connectivity index (χ4v) is 3.63. The second kappa shape index (κ2) is 10.6. The van der Waals surface area contributed by atoms with Crippen LogP contribution in [-0.2, 0) is 0 Å². The van der Waals surface area contributed by atoms with Gasteiger partial charge in [-0.25, -0.2) is 0 Å². The van der Waals surface area contributed by atoms with E-state index >= 15 is 0 Å². The maximum atomic E-state index is 6.11. The number of hydrogen-bond donors (Lipinski definition) is 0. The molecule has 3 nitrogen and oxygen atoms in total. The molecule has 2 aromatic carbocycles. The Morgan fingerprint density at radius 2 is 1.59 bits per heavy atom. The van der Waals surface area contributed by atoms with Gasteiger partial charge in [0.25, 0.3) is 0 Å². The van der Waals surface area contributed by atoms with Gasteiger partial charge in [0, 0.05) is 11.6 Å². The molecule has 3 rings (SSSR count). The average molecular weight is 388 g/mol. The van der Waals surface area contributed by atoms with Crippen molar-refractivity contribution in [2.24, 2.45) is 0 Å². The SMILES string of the molecule is CCC(Oc1ccc(Cl)cc1)c1ccc(OCCCN2CCCCC2)cc1. The lowest BCUT2D eigenvalue weighted by molar-refractivity contribution is 0.200. The van der Waals surface area contributed by atoms with E-state index in [2.05, 4.69) is 24.0 Å². The standard InChI is InChI=1S/C23H30ClNO2/c1-2-23(27-22-13-9-20(24)10-14-22)19-7-11-21(12-8-19)26-18-6-17-25-15-4-3-5-16-25/h7-14,23H,2-6,15-18H2,1H3. The number of hydrogen-bond acceptors (Lipinski definition) is 3. The normalized spacial score (nSPS) is 16.1. The summed E-state index contributed by atoms with van der Waals surface area (Å²) in [7, 11) is 0. The van der Waals surface area contributed by atoms with Gasteiger partial charge in [0.15, 0.2) is 0 Å². The van der Waals surface area contributed by atoms with Crippen LogP contribution in [0.15, 0.2) is 48.5 Å². The molecule has 1 saturated heterocycles. The fourth-order valence-electron chi connectivity index (χ4n) is 3.50. The van der Waals surface area contributed by atoms with E-state index in [1.165, 1.54) is 32.4 Å². The van der Waals surface area contributed by atoms with Crippen molar-refractivity contribution in [1.82, 2.24) is 4.90 Å². The first-order chi connectivity index (χ1) is 13.2. The van der Waals surface area contributed by atoms with Crippen molar-refractivity contribution in [3.63, 3.8) is 0 Å². The zero-order chi connectivity index (χ0) is 18.9. The van der Waals surface area contributed by atoms with E-state index in [4.69, 9.17) is 21.1 Å². The van der Waals surface area contributed by atoms with Crippen molar-refractivity contribution in [2.75, 3.05) is 26.2 Å². The van der Waals surface area contributed by atoms with Gasteiger partial charge in [-0.05, 0) is 80.7 Å². The summed E-state index contributed by atoms with van der Waals surface area (Å²) in [5.41, 5.74) is 1.16. The fraction of sp³-hybridized carbons (Fsp3) is 0.478. The molecule has 1 aliphatic heterocycles. The molecule has 27 heavy (non-hydrogen) atoms. The highest BCUT2D eigenvalue weighted by atomic mass is 35.5. The summed E-state index contributed by atoms with van der Waals surface area (Å²) in [5.74, 6) is 1.77. The van der Waals surface area contributed by atoms with Crippen LogP contribution in [0.1, 0.15) is 50.7 Å². The molecule has 1 heterocycles. The molecule has 0 amide bonds. The molecule has 1 aliphatic rings. The first-order valence-electron chi connectivity index (χ1n) is 10.1. The predicted octanol–water partition coefficient (Wildman–Crippen LogP) is 6.12. The minimum atomic E-state index is 0.0272. The Morgan fingerprint density at radius 1 is 0.926 bits per heavy atom. The van der Waals surface area contributed by atoms with Gasteiger partial charge in [-0.15, -0.1) is 0 Å². The first-order valence-corrected chi connectivity index (χ1v) is 10.5. The topological polar surface area (TPSA) is 21.7 Å². The van der Waals surface area contributed by atoms with Crippen molar-refractivity contribution in [2.45, 2.75) is 45.1 Å². The second-order valence-corrected chi connectivity index (χ2v) is 7.58. The number of ether oxygens (including phenoxy) is 2. The summed E-state index contributed by atoms with van der Waals surface area (Å²) >= 11 is 5.94. The number of nitrogens with zero attached hydrogens (tertiary/aromatic N) is 1. The molecule has 2 aromatic rings. The summed E-state index contributed by atoms with van der Waals surface area (Å²) < 4.78 is 12.0. The quantitative estimate of drug-likeness (QED) is 0.483. The third kappa shape index (κ3) is 6.44. The summed E-state index contributed by atoms with van der Waals surface area (Å²) in [6.07, 6.45) is 6.09. The van der Waals surface area contributed by atoms with E-state index in [0.29, 0.717) is 0 Å². The molecule has 4 heteroatoms. The Hall–Kier alpha value is -1.71. The van der Waals surface area contributed by atoms with Gasteiger partial charge in [0.1, 0.15) is 17.6 Å². The summed E-state index contributed by atoms with van der Waals surface area (Å²) in [6, 6.07) is 15.8. The Morgan fingerprint density at radius 3 is 2.26 bits per heavy atom. The second-order valence-electron chi connectivity index (χ2n) is 7.14. The smallest absolute Gasteiger partial charge is 0.123 e. The lowest BCUT2D eigenvalue weighted by Gasteiger charge is -2.26. The van der Waals surface area contributed by atoms with Crippen LogP contribution in [0.25, 0.3) is 0 Å². The van der Waals surface area contributed by atoms with E-state index in [0.717, 1.165) is 48.1 Å². The third-order valence-corrected chi connectivity index (χ3v) is 5.30. The van der Waals surface area contributed by atoms with Crippen molar-refractivity contribution in [3.05, 3.63) is 59.1 Å². The monoisotopic (exact) mass is 387 g/mol. The average Bonchev–Trinajstić information content (AvgIpc) is 2.72. The number of halogens is 1. The van der Waals surface area contributed by atoms with Crippen LogP contribution in [0, 0.1) is 0 Å². The largest absolute Gasteiger partial charge is 0.494 e. The van der Waals surface area contributed by atoms with E-state index in [-0.39, 0.29) is 6.10 Å². The van der Waals surface area contributed by atoms with E-state index < -0.39 is 0 Å². The first kappa shape index (κ1) is 20.0. The molecular weight excluding hydrogens is 358 g/mol. The Kier molecular flexibility index (Phi) is 7.85. The van der Waals surface area contributed by atoms with E-state index in [9.17, 15) is 0 Å². The Balaban J connectivity index is 1.45. The summed E-state index contributed by atoms with van der Waals surface area (Å²) in [4.78, 5) is 2.55. The summed E-state index contributed by atoms with van der Waals surface area (Å²) in [6.45, 7) is 6.55. The number of rotatable bonds is 9. The van der Waals surface area contributed by atoms with E-state index in [1.807, 2.05) is 36.4 Å². The Labute approximate surface area is 168 Å². The van der Waals surface area contributed by atoms with Crippen molar-refractivity contribution >= 4 is 11.6 Å². The molecule has 0 aromatic heterocycles. The van der Waals surface area contributed by atoms with Crippen LogP contribution in [-0.4, -0.2) is 31.1 Å². The molecule has 0 N–H and O–H groups in total.